The van der Waals surface area contributed by atoms with Crippen molar-refractivity contribution in [3.05, 3.63) is 83.9 Å². The van der Waals surface area contributed by atoms with Gasteiger partial charge in [0.1, 0.15) is 0 Å². The van der Waals surface area contributed by atoms with Crippen LogP contribution < -0.4 is 9.64 Å². The number of anilines is 2. The van der Waals surface area contributed by atoms with E-state index in [1.165, 1.54) is 36.3 Å². The minimum Gasteiger partial charge on any atom is -0.504 e. The lowest BCUT2D eigenvalue weighted by atomic mass is 10.1. The number of hydrogen-bond acceptors (Lipinski definition) is 4. The first kappa shape index (κ1) is 18.0. The molecule has 0 aliphatic carbocycles. The molecule has 0 fully saturated rings. The smallest absolute Gasteiger partial charge is 0.337 e. The Morgan fingerprint density at radius 3 is 2.26 bits per heavy atom. The van der Waals surface area contributed by atoms with Gasteiger partial charge in [0.15, 0.2) is 11.5 Å². The number of para-hydroxylation sites is 1. The summed E-state index contributed by atoms with van der Waals surface area (Å²) in [6.45, 7) is 0. The van der Waals surface area contributed by atoms with Crippen molar-refractivity contribution in [1.29, 1.82) is 0 Å². The number of methoxy groups -OCH3 is 1. The second-order valence-corrected chi connectivity index (χ2v) is 5.69. The van der Waals surface area contributed by atoms with Gasteiger partial charge in [-0.3, -0.25) is 9.69 Å². The topological polar surface area (TPSA) is 87.1 Å². The zero-order valence-electron chi connectivity index (χ0n) is 14.5. The van der Waals surface area contributed by atoms with Gasteiger partial charge in [-0.05, 0) is 36.4 Å². The van der Waals surface area contributed by atoms with E-state index in [9.17, 15) is 19.8 Å². The van der Waals surface area contributed by atoms with Crippen LogP contribution in [0.3, 0.4) is 0 Å². The van der Waals surface area contributed by atoms with E-state index in [0.717, 1.165) is 0 Å². The molecule has 27 heavy (non-hydrogen) atoms. The number of nitrogens with zero attached hydrogens (tertiary/aromatic N) is 1. The van der Waals surface area contributed by atoms with Gasteiger partial charge in [0, 0.05) is 11.6 Å². The Kier molecular flexibility index (Phi) is 5.08. The molecule has 0 bridgehead atoms. The molecule has 136 valence electrons. The van der Waals surface area contributed by atoms with Crippen molar-refractivity contribution in [3.8, 4) is 11.5 Å². The molecule has 0 atom stereocenters. The number of amides is 1. The fourth-order valence-corrected chi connectivity index (χ4v) is 2.73. The number of carboxylic acid groups (broad SMARTS) is 1. The molecule has 2 N–H and O–H groups in total. The Bertz CT molecular complexity index is 985. The van der Waals surface area contributed by atoms with E-state index in [1.54, 1.807) is 48.5 Å². The molecule has 3 rings (SSSR count). The predicted octanol–water partition coefficient (Wildman–Crippen LogP) is 4.08. The van der Waals surface area contributed by atoms with Gasteiger partial charge in [0.2, 0.25) is 0 Å². The van der Waals surface area contributed by atoms with Crippen molar-refractivity contribution in [3.63, 3.8) is 0 Å². The molecule has 0 saturated carbocycles. The second kappa shape index (κ2) is 7.61. The quantitative estimate of drug-likeness (QED) is 0.713. The molecule has 0 unspecified atom stereocenters. The number of hydrogen-bond donors (Lipinski definition) is 2. The molecule has 0 spiro atoms. The van der Waals surface area contributed by atoms with Crippen LogP contribution in [0.4, 0.5) is 11.4 Å². The third kappa shape index (κ3) is 3.59. The maximum Gasteiger partial charge on any atom is 0.337 e. The number of benzene rings is 3. The average Bonchev–Trinajstić information content (AvgIpc) is 2.70. The van der Waals surface area contributed by atoms with Gasteiger partial charge in [-0.15, -0.1) is 0 Å². The highest BCUT2D eigenvalue weighted by molar-refractivity contribution is 6.13. The van der Waals surface area contributed by atoms with Crippen molar-refractivity contribution in [2.24, 2.45) is 0 Å². The number of phenolic OH excluding ortho intramolecular Hbond substituents is 1. The van der Waals surface area contributed by atoms with Crippen LogP contribution in [0.5, 0.6) is 11.5 Å². The number of ether oxygens (including phenoxy) is 1. The zero-order valence-corrected chi connectivity index (χ0v) is 14.5. The molecular weight excluding hydrogens is 346 g/mol. The van der Waals surface area contributed by atoms with E-state index >= 15 is 0 Å². The standard InChI is InChI=1S/C21H17NO5/c1-27-19-13-15(11-12-18(19)23)22(20(24)14-7-3-2-4-8-14)17-10-6-5-9-16(17)21(25)26/h2-13,23H,1H3,(H,25,26). The molecule has 0 aliphatic rings. The SMILES string of the molecule is COc1cc(N(C(=O)c2ccccc2)c2ccccc2C(=O)O)ccc1O. The Hall–Kier alpha value is -3.80. The Morgan fingerprint density at radius 2 is 1.59 bits per heavy atom. The van der Waals surface area contributed by atoms with E-state index in [0.29, 0.717) is 11.3 Å². The normalized spacial score (nSPS) is 10.3. The molecule has 0 radical (unpaired) electrons. The monoisotopic (exact) mass is 363 g/mol. The Morgan fingerprint density at radius 1 is 0.926 bits per heavy atom. The highest BCUT2D eigenvalue weighted by Crippen LogP contribution is 2.36. The zero-order chi connectivity index (χ0) is 19.4. The van der Waals surface area contributed by atoms with E-state index in [1.807, 2.05) is 0 Å². The minimum absolute atomic E-state index is 0.0196. The fourth-order valence-electron chi connectivity index (χ4n) is 2.73. The van der Waals surface area contributed by atoms with Crippen LogP contribution in [0.2, 0.25) is 0 Å². The largest absolute Gasteiger partial charge is 0.504 e. The van der Waals surface area contributed by atoms with Gasteiger partial charge >= 0.3 is 5.97 Å². The number of carbonyl (C=O) groups excluding carboxylic acids is 1. The maximum atomic E-state index is 13.2. The van der Waals surface area contributed by atoms with Crippen LogP contribution >= 0.6 is 0 Å². The summed E-state index contributed by atoms with van der Waals surface area (Å²) in [7, 11) is 1.40. The summed E-state index contributed by atoms with van der Waals surface area (Å²) in [5.41, 5.74) is 0.956. The lowest BCUT2D eigenvalue weighted by Gasteiger charge is -2.25. The molecule has 3 aromatic rings. The Labute approximate surface area is 155 Å². The molecule has 0 aliphatic heterocycles. The van der Waals surface area contributed by atoms with Crippen LogP contribution in [0.15, 0.2) is 72.8 Å². The molecule has 0 heterocycles. The van der Waals surface area contributed by atoms with E-state index in [2.05, 4.69) is 0 Å². The fraction of sp³-hybridized carbons (Fsp3) is 0.0476. The maximum absolute atomic E-state index is 13.2. The molecule has 3 aromatic carbocycles. The van der Waals surface area contributed by atoms with Crippen molar-refractivity contribution in [2.45, 2.75) is 0 Å². The van der Waals surface area contributed by atoms with Gasteiger partial charge in [0.25, 0.3) is 5.91 Å². The van der Waals surface area contributed by atoms with E-state index in [-0.39, 0.29) is 22.7 Å². The first-order chi connectivity index (χ1) is 13.0. The number of carboxylic acids is 1. The van der Waals surface area contributed by atoms with Gasteiger partial charge in [-0.2, -0.15) is 0 Å². The van der Waals surface area contributed by atoms with Gasteiger partial charge in [-0.25, -0.2) is 4.79 Å². The van der Waals surface area contributed by atoms with Crippen molar-refractivity contribution < 1.29 is 24.5 Å². The van der Waals surface area contributed by atoms with Gasteiger partial charge in [0.05, 0.1) is 24.0 Å². The number of rotatable bonds is 5. The molecular formula is C21H17NO5. The van der Waals surface area contributed by atoms with E-state index < -0.39 is 11.9 Å². The highest BCUT2D eigenvalue weighted by Gasteiger charge is 2.25. The minimum atomic E-state index is -1.15. The average molecular weight is 363 g/mol. The second-order valence-electron chi connectivity index (χ2n) is 5.69. The number of phenols is 1. The third-order valence-corrected chi connectivity index (χ3v) is 4.02. The summed E-state index contributed by atoms with van der Waals surface area (Å²) in [4.78, 5) is 26.2. The first-order valence-electron chi connectivity index (χ1n) is 8.11. The highest BCUT2D eigenvalue weighted by atomic mass is 16.5. The van der Waals surface area contributed by atoms with Gasteiger partial charge in [-0.1, -0.05) is 30.3 Å². The molecule has 6 nitrogen and oxygen atoms in total. The first-order valence-corrected chi connectivity index (χ1v) is 8.11. The number of carbonyl (C=O) groups is 2. The number of aromatic carboxylic acids is 1. The third-order valence-electron chi connectivity index (χ3n) is 4.02. The van der Waals surface area contributed by atoms with Crippen molar-refractivity contribution in [2.75, 3.05) is 12.0 Å². The van der Waals surface area contributed by atoms with Crippen LogP contribution in [-0.4, -0.2) is 29.2 Å². The molecule has 0 saturated heterocycles. The van der Waals surface area contributed by atoms with Crippen molar-refractivity contribution >= 4 is 23.3 Å². The van der Waals surface area contributed by atoms with E-state index in [4.69, 9.17) is 4.74 Å². The van der Waals surface area contributed by atoms with Crippen LogP contribution in [-0.2, 0) is 0 Å². The summed E-state index contributed by atoms with van der Waals surface area (Å²) in [5.74, 6) is -1.47. The lowest BCUT2D eigenvalue weighted by molar-refractivity contribution is 0.0698. The van der Waals surface area contributed by atoms with Crippen LogP contribution in [0, 0.1) is 0 Å². The summed E-state index contributed by atoms with van der Waals surface area (Å²) < 4.78 is 5.13. The summed E-state index contributed by atoms with van der Waals surface area (Å²) in [5, 5.41) is 19.4. The summed E-state index contributed by atoms with van der Waals surface area (Å²) in [6, 6.07) is 19.2. The Balaban J connectivity index is 2.22. The molecule has 1 amide bonds. The molecule has 6 heteroatoms. The van der Waals surface area contributed by atoms with Gasteiger partial charge < -0.3 is 14.9 Å². The summed E-state index contributed by atoms with van der Waals surface area (Å²) in [6.07, 6.45) is 0. The summed E-state index contributed by atoms with van der Waals surface area (Å²) >= 11 is 0. The van der Waals surface area contributed by atoms with Crippen molar-refractivity contribution in [1.82, 2.24) is 0 Å². The molecule has 0 aromatic heterocycles. The number of aromatic hydroxyl groups is 1. The van der Waals surface area contributed by atoms with Crippen LogP contribution in [0.1, 0.15) is 20.7 Å². The predicted molar refractivity (Wildman–Crippen MR) is 101 cm³/mol. The lowest BCUT2D eigenvalue weighted by Crippen LogP contribution is -2.27. The van der Waals surface area contributed by atoms with Crippen LogP contribution in [0.25, 0.3) is 0 Å².